The van der Waals surface area contributed by atoms with Crippen LogP contribution in [0.2, 0.25) is 0 Å². The Morgan fingerprint density at radius 3 is 2.05 bits per heavy atom. The van der Waals surface area contributed by atoms with E-state index in [9.17, 15) is 19.2 Å². The molecular formula is C44H47N7O7. The lowest BCUT2D eigenvalue weighted by Gasteiger charge is -2.37. The summed E-state index contributed by atoms with van der Waals surface area (Å²) in [5.41, 5.74) is 8.82. The Morgan fingerprint density at radius 2 is 1.45 bits per heavy atom. The van der Waals surface area contributed by atoms with Gasteiger partial charge in [-0.25, -0.2) is 14.8 Å². The Labute approximate surface area is 336 Å². The second kappa shape index (κ2) is 16.3. The number of hydrogen-bond acceptors (Lipinski definition) is 9. The number of aromatic amines is 2. The summed E-state index contributed by atoms with van der Waals surface area (Å²) >= 11 is 0. The standard InChI is InChI=1S/C44H47N7O7/c1-25(2)38(49-44(55)57-4)43(54)50-18-19-58-24-36(50)41-46-23-34(48-41)29-14-10-27(11-15-29)26-8-12-28(13-9-26)33-22-45-40(47-33)35-20-31-7-5-6-30-16-17-32(21-37(52)56-3)42(53)51(35)39(30)31/h5-15,22-23,25,32,35-36,38H,16-21,24H2,1-4H3,(H,45,47)(H,46,48)(H,49,55)/t32-,35+,36+,38+/m1/s1. The highest BCUT2D eigenvalue weighted by Gasteiger charge is 2.43. The molecule has 14 heteroatoms. The number of morpholine rings is 1. The minimum absolute atomic E-state index is 0.0574. The molecule has 3 aromatic carbocycles. The summed E-state index contributed by atoms with van der Waals surface area (Å²) in [5, 5.41) is 2.68. The molecule has 0 bridgehead atoms. The molecule has 8 rings (SSSR count). The van der Waals surface area contributed by atoms with Crippen molar-refractivity contribution in [1.82, 2.24) is 30.2 Å². The minimum atomic E-state index is -0.749. The molecule has 300 valence electrons. The summed E-state index contributed by atoms with van der Waals surface area (Å²) in [5.74, 6) is 0.0439. The molecule has 3 aliphatic heterocycles. The van der Waals surface area contributed by atoms with Gasteiger partial charge in [0.2, 0.25) is 11.8 Å². The van der Waals surface area contributed by atoms with Crippen LogP contribution in [0.25, 0.3) is 33.6 Å². The number of nitrogens with zero attached hydrogens (tertiary/aromatic N) is 4. The van der Waals surface area contributed by atoms with Crippen LogP contribution in [0.4, 0.5) is 10.5 Å². The number of nitrogens with one attached hydrogen (secondary N) is 3. The van der Waals surface area contributed by atoms with Gasteiger partial charge in [-0.1, -0.05) is 80.6 Å². The third-order valence-corrected chi connectivity index (χ3v) is 11.5. The number of alkyl carbamates (subject to hydrolysis) is 1. The highest BCUT2D eigenvalue weighted by molar-refractivity contribution is 6.00. The number of aromatic nitrogens is 4. The number of hydrogen-bond donors (Lipinski definition) is 3. The normalized spacial score (nSPS) is 19.4. The van der Waals surface area contributed by atoms with Crippen LogP contribution in [-0.4, -0.2) is 88.7 Å². The van der Waals surface area contributed by atoms with Crippen LogP contribution >= 0.6 is 0 Å². The molecule has 14 nitrogen and oxygen atoms in total. The van der Waals surface area contributed by atoms with Gasteiger partial charge < -0.3 is 39.3 Å². The zero-order valence-electron chi connectivity index (χ0n) is 33.0. The maximum Gasteiger partial charge on any atom is 0.407 e. The second-order valence-corrected chi connectivity index (χ2v) is 15.4. The van der Waals surface area contributed by atoms with Crippen molar-refractivity contribution in [3.63, 3.8) is 0 Å². The van der Waals surface area contributed by atoms with Gasteiger partial charge in [0.1, 0.15) is 23.7 Å². The van der Waals surface area contributed by atoms with Crippen LogP contribution in [0, 0.1) is 11.8 Å². The average molecular weight is 786 g/mol. The van der Waals surface area contributed by atoms with Gasteiger partial charge in [-0.2, -0.15) is 0 Å². The van der Waals surface area contributed by atoms with Gasteiger partial charge in [0.05, 0.1) is 69.4 Å². The molecule has 0 aliphatic carbocycles. The quantitative estimate of drug-likeness (QED) is 0.140. The summed E-state index contributed by atoms with van der Waals surface area (Å²) in [6.07, 6.45) is 4.93. The molecule has 0 saturated carbocycles. The Bertz CT molecular complexity index is 2320. The number of methoxy groups -OCH3 is 2. The number of carbonyl (C=O) groups excluding carboxylic acids is 4. The number of benzene rings is 3. The lowest BCUT2D eigenvalue weighted by atomic mass is 9.95. The van der Waals surface area contributed by atoms with E-state index in [1.54, 1.807) is 11.1 Å². The summed E-state index contributed by atoms with van der Waals surface area (Å²) in [4.78, 5) is 71.7. The van der Waals surface area contributed by atoms with Crippen LogP contribution in [-0.2, 0) is 41.4 Å². The number of ether oxygens (including phenoxy) is 3. The van der Waals surface area contributed by atoms with Crippen molar-refractivity contribution in [2.45, 2.75) is 57.7 Å². The molecule has 0 unspecified atom stereocenters. The van der Waals surface area contributed by atoms with Crippen molar-refractivity contribution in [2.75, 3.05) is 38.9 Å². The van der Waals surface area contributed by atoms with Crippen molar-refractivity contribution in [1.29, 1.82) is 0 Å². The summed E-state index contributed by atoms with van der Waals surface area (Å²) < 4.78 is 15.4. The number of amides is 3. The van der Waals surface area contributed by atoms with Crippen molar-refractivity contribution < 1.29 is 33.4 Å². The molecule has 5 heterocycles. The van der Waals surface area contributed by atoms with Crippen LogP contribution < -0.4 is 10.2 Å². The third kappa shape index (κ3) is 7.47. The molecule has 2 aromatic heterocycles. The first-order valence-corrected chi connectivity index (χ1v) is 19.7. The number of carbonyl (C=O) groups is 4. The van der Waals surface area contributed by atoms with E-state index in [2.05, 4.69) is 68.8 Å². The van der Waals surface area contributed by atoms with E-state index in [4.69, 9.17) is 19.2 Å². The smallest absolute Gasteiger partial charge is 0.407 e. The lowest BCUT2D eigenvalue weighted by Crippen LogP contribution is -2.54. The van der Waals surface area contributed by atoms with Gasteiger partial charge >= 0.3 is 12.1 Å². The molecule has 0 spiro atoms. The maximum absolute atomic E-state index is 14.0. The Kier molecular flexibility index (Phi) is 10.8. The van der Waals surface area contributed by atoms with Gasteiger partial charge in [0.25, 0.3) is 0 Å². The Balaban J connectivity index is 0.956. The molecule has 3 N–H and O–H groups in total. The molecule has 3 amide bonds. The fourth-order valence-electron chi connectivity index (χ4n) is 8.34. The minimum Gasteiger partial charge on any atom is -0.469 e. The van der Waals surface area contributed by atoms with Crippen molar-refractivity contribution in [3.05, 3.63) is 102 Å². The summed E-state index contributed by atoms with van der Waals surface area (Å²) in [6, 6.07) is 21.1. The van der Waals surface area contributed by atoms with Crippen LogP contribution in [0.1, 0.15) is 61.5 Å². The Morgan fingerprint density at radius 1 is 0.845 bits per heavy atom. The monoisotopic (exact) mass is 785 g/mol. The average Bonchev–Trinajstić information content (AvgIpc) is 4.02. The van der Waals surface area contributed by atoms with E-state index in [-0.39, 0.29) is 42.8 Å². The molecule has 3 aliphatic rings. The van der Waals surface area contributed by atoms with Crippen molar-refractivity contribution >= 4 is 29.6 Å². The molecule has 5 aromatic rings. The van der Waals surface area contributed by atoms with Gasteiger partial charge in [-0.05, 0) is 52.1 Å². The van der Waals surface area contributed by atoms with E-state index < -0.39 is 24.1 Å². The van der Waals surface area contributed by atoms with Crippen LogP contribution in [0.5, 0.6) is 0 Å². The number of esters is 1. The third-order valence-electron chi connectivity index (χ3n) is 11.5. The van der Waals surface area contributed by atoms with Crippen LogP contribution in [0.3, 0.4) is 0 Å². The van der Waals surface area contributed by atoms with Gasteiger partial charge in [0, 0.05) is 18.9 Å². The number of rotatable bonds is 10. The molecule has 1 saturated heterocycles. The molecule has 1 fully saturated rings. The summed E-state index contributed by atoms with van der Waals surface area (Å²) in [6.45, 7) is 4.80. The number of aryl methyl sites for hydroxylation is 1. The molecular weight excluding hydrogens is 739 g/mol. The topological polar surface area (TPSA) is 172 Å². The van der Waals surface area contributed by atoms with E-state index in [0.29, 0.717) is 37.6 Å². The largest absolute Gasteiger partial charge is 0.469 e. The molecule has 4 atom stereocenters. The van der Waals surface area contributed by atoms with E-state index in [0.717, 1.165) is 56.9 Å². The van der Waals surface area contributed by atoms with Crippen LogP contribution in [0.15, 0.2) is 79.1 Å². The predicted molar refractivity (Wildman–Crippen MR) is 215 cm³/mol. The van der Waals surface area contributed by atoms with Crippen molar-refractivity contribution in [2.24, 2.45) is 11.8 Å². The van der Waals surface area contributed by atoms with Crippen molar-refractivity contribution in [3.8, 4) is 33.6 Å². The van der Waals surface area contributed by atoms with E-state index in [1.807, 2.05) is 43.1 Å². The predicted octanol–water partition coefficient (Wildman–Crippen LogP) is 6.17. The fraction of sp³-hybridized carbons (Fsp3) is 0.364. The zero-order chi connectivity index (χ0) is 40.5. The highest BCUT2D eigenvalue weighted by Crippen LogP contribution is 2.46. The molecule has 58 heavy (non-hydrogen) atoms. The van der Waals surface area contributed by atoms with Gasteiger partial charge in [-0.3, -0.25) is 14.4 Å². The molecule has 0 radical (unpaired) electrons. The number of anilines is 1. The SMILES string of the molecule is COC(=O)C[C@H]1CCc2cccc3c2N(C1=O)[C@H](c1ncc(-c2ccc(-c4ccc(-c5cnc([C@@H]6COCCN6C(=O)[C@@H](NC(=O)OC)C(C)C)[nH]5)cc4)cc2)[nH]1)C3. The van der Waals surface area contributed by atoms with Gasteiger partial charge in [-0.15, -0.1) is 0 Å². The second-order valence-electron chi connectivity index (χ2n) is 15.4. The lowest BCUT2D eigenvalue weighted by molar-refractivity contribution is -0.144. The highest BCUT2D eigenvalue weighted by atomic mass is 16.5. The Hall–Kier alpha value is -6.28. The van der Waals surface area contributed by atoms with Gasteiger partial charge in [0.15, 0.2) is 0 Å². The summed E-state index contributed by atoms with van der Waals surface area (Å²) in [7, 11) is 2.63. The zero-order valence-corrected chi connectivity index (χ0v) is 33.0. The first kappa shape index (κ1) is 38.6. The number of H-pyrrole nitrogens is 2. The van der Waals surface area contributed by atoms with E-state index >= 15 is 0 Å². The van der Waals surface area contributed by atoms with E-state index in [1.165, 1.54) is 14.2 Å². The fourth-order valence-corrected chi connectivity index (χ4v) is 8.34. The first-order chi connectivity index (χ1) is 28.1. The first-order valence-electron chi connectivity index (χ1n) is 19.7. The number of imidazole rings is 2. The number of para-hydroxylation sites is 1. The maximum atomic E-state index is 14.0.